The van der Waals surface area contributed by atoms with Gasteiger partial charge in [-0.25, -0.2) is 4.98 Å². The van der Waals surface area contributed by atoms with E-state index in [0.717, 1.165) is 30.2 Å². The summed E-state index contributed by atoms with van der Waals surface area (Å²) in [5.74, 6) is 0.801. The van der Waals surface area contributed by atoms with Crippen molar-refractivity contribution < 1.29 is 0 Å². The first-order valence-electron chi connectivity index (χ1n) is 6.78. The van der Waals surface area contributed by atoms with E-state index in [9.17, 15) is 0 Å². The Morgan fingerprint density at radius 3 is 3.15 bits per heavy atom. The lowest BCUT2D eigenvalue weighted by Crippen LogP contribution is -2.37. The minimum absolute atomic E-state index is 0.274. The van der Waals surface area contributed by atoms with Gasteiger partial charge in [0.2, 0.25) is 5.28 Å². The summed E-state index contributed by atoms with van der Waals surface area (Å²) in [7, 11) is 0. The molecule has 1 unspecified atom stereocenters. The molecule has 20 heavy (non-hydrogen) atoms. The zero-order valence-corrected chi connectivity index (χ0v) is 13.6. The molecule has 4 nitrogen and oxygen atoms in total. The maximum atomic E-state index is 5.92. The number of nitrogens with zero attached hydrogens (tertiary/aromatic N) is 3. The molecule has 1 aliphatic rings. The monoisotopic (exact) mass is 312 g/mol. The fourth-order valence-corrected chi connectivity index (χ4v) is 3.16. The van der Waals surface area contributed by atoms with E-state index in [1.54, 1.807) is 0 Å². The second-order valence-electron chi connectivity index (χ2n) is 5.13. The van der Waals surface area contributed by atoms with Gasteiger partial charge >= 0.3 is 0 Å². The summed E-state index contributed by atoms with van der Waals surface area (Å²) >= 11 is 7.85. The number of thioether (sulfide) groups is 1. The molecule has 1 aliphatic heterocycles. The zero-order chi connectivity index (χ0) is 14.5. The minimum atomic E-state index is 0.274. The van der Waals surface area contributed by atoms with E-state index in [2.05, 4.69) is 33.0 Å². The first-order valence-corrected chi connectivity index (χ1v) is 8.45. The van der Waals surface area contributed by atoms with Crippen LogP contribution in [-0.4, -0.2) is 41.1 Å². The molecule has 1 N–H and O–H groups in total. The summed E-state index contributed by atoms with van der Waals surface area (Å²) in [5.41, 5.74) is 2.10. The van der Waals surface area contributed by atoms with Crippen molar-refractivity contribution in [2.75, 3.05) is 36.1 Å². The average molecular weight is 313 g/mol. The molecule has 0 amide bonds. The minimum Gasteiger partial charge on any atom is -0.366 e. The van der Waals surface area contributed by atoms with Gasteiger partial charge in [0.05, 0.1) is 11.9 Å². The van der Waals surface area contributed by atoms with Crippen LogP contribution in [0.4, 0.5) is 11.5 Å². The van der Waals surface area contributed by atoms with Gasteiger partial charge in [0.15, 0.2) is 5.82 Å². The lowest BCUT2D eigenvalue weighted by atomic mass is 10.1. The van der Waals surface area contributed by atoms with Gasteiger partial charge in [0, 0.05) is 24.9 Å². The Morgan fingerprint density at radius 1 is 1.65 bits per heavy atom. The number of piperidine rings is 1. The Bertz CT molecular complexity index is 480. The van der Waals surface area contributed by atoms with Crippen LogP contribution < -0.4 is 10.2 Å². The molecule has 0 aliphatic carbocycles. The van der Waals surface area contributed by atoms with Gasteiger partial charge in [-0.3, -0.25) is 0 Å². The highest BCUT2D eigenvalue weighted by Crippen LogP contribution is 2.29. The molecule has 2 heterocycles. The molecule has 1 aromatic rings. The zero-order valence-electron chi connectivity index (χ0n) is 12.0. The molecule has 1 saturated heterocycles. The van der Waals surface area contributed by atoms with Gasteiger partial charge in [-0.05, 0) is 37.6 Å². The number of rotatable bonds is 5. The van der Waals surface area contributed by atoms with E-state index < -0.39 is 0 Å². The van der Waals surface area contributed by atoms with Gasteiger partial charge in [-0.2, -0.15) is 16.7 Å². The Hall–Kier alpha value is -0.940. The molecular formula is C14H21ClN4S. The van der Waals surface area contributed by atoms with Crippen LogP contribution in [0.25, 0.3) is 0 Å². The number of halogens is 1. The Morgan fingerprint density at radius 2 is 2.45 bits per heavy atom. The molecule has 2 rings (SSSR count). The van der Waals surface area contributed by atoms with Gasteiger partial charge in [-0.1, -0.05) is 12.2 Å². The van der Waals surface area contributed by atoms with Crippen LogP contribution in [0, 0.1) is 0 Å². The van der Waals surface area contributed by atoms with Crippen LogP contribution in [0.2, 0.25) is 5.28 Å². The molecular weight excluding hydrogens is 292 g/mol. The van der Waals surface area contributed by atoms with Crippen molar-refractivity contribution in [3.8, 4) is 0 Å². The van der Waals surface area contributed by atoms with Crippen LogP contribution in [0.3, 0.4) is 0 Å². The highest BCUT2D eigenvalue weighted by molar-refractivity contribution is 7.99. The van der Waals surface area contributed by atoms with E-state index in [-0.39, 0.29) is 5.28 Å². The van der Waals surface area contributed by atoms with E-state index in [4.69, 9.17) is 11.6 Å². The predicted molar refractivity (Wildman–Crippen MR) is 89.1 cm³/mol. The number of hydrogen-bond donors (Lipinski definition) is 1. The Labute approximate surface area is 130 Å². The number of anilines is 2. The largest absolute Gasteiger partial charge is 0.366 e. The van der Waals surface area contributed by atoms with E-state index in [1.165, 1.54) is 12.8 Å². The summed E-state index contributed by atoms with van der Waals surface area (Å²) in [6, 6.07) is 0. The summed E-state index contributed by atoms with van der Waals surface area (Å²) in [6.45, 7) is 8.67. The number of aromatic nitrogens is 2. The van der Waals surface area contributed by atoms with Gasteiger partial charge in [0.25, 0.3) is 0 Å². The first-order chi connectivity index (χ1) is 9.60. The second kappa shape index (κ2) is 7.18. The summed E-state index contributed by atoms with van der Waals surface area (Å²) in [4.78, 5) is 10.8. The fraction of sp³-hybridized carbons (Fsp3) is 0.571. The summed E-state index contributed by atoms with van der Waals surface area (Å²) < 4.78 is 0. The standard InChI is InChI=1S/C14H21ClN4S/c1-10(2)7-16-13-12(8-17-14(15)18-13)19-6-4-5-11(9-19)20-3/h8,11H,1,4-7,9H2,2-3H3,(H,16,17,18). The number of nitrogens with one attached hydrogen (secondary N) is 1. The van der Waals surface area contributed by atoms with E-state index >= 15 is 0 Å². The smallest absolute Gasteiger partial charge is 0.224 e. The SMILES string of the molecule is C=C(C)CNc1nc(Cl)ncc1N1CCCC(SC)C1. The second-order valence-corrected chi connectivity index (χ2v) is 6.61. The molecule has 0 radical (unpaired) electrons. The van der Waals surface area contributed by atoms with Crippen molar-refractivity contribution in [3.63, 3.8) is 0 Å². The molecule has 1 aromatic heterocycles. The molecule has 1 fully saturated rings. The topological polar surface area (TPSA) is 41.1 Å². The fourth-order valence-electron chi connectivity index (χ4n) is 2.30. The maximum Gasteiger partial charge on any atom is 0.224 e. The molecule has 110 valence electrons. The average Bonchev–Trinajstić information content (AvgIpc) is 2.45. The van der Waals surface area contributed by atoms with Crippen LogP contribution >= 0.6 is 23.4 Å². The third-order valence-electron chi connectivity index (χ3n) is 3.35. The van der Waals surface area contributed by atoms with Crippen molar-refractivity contribution in [3.05, 3.63) is 23.6 Å². The maximum absolute atomic E-state index is 5.92. The van der Waals surface area contributed by atoms with Crippen LogP contribution in [0.5, 0.6) is 0 Å². The van der Waals surface area contributed by atoms with Crippen LogP contribution in [0.15, 0.2) is 18.3 Å². The number of hydrogen-bond acceptors (Lipinski definition) is 5. The quantitative estimate of drug-likeness (QED) is 0.666. The Kier molecular flexibility index (Phi) is 5.54. The van der Waals surface area contributed by atoms with Crippen molar-refractivity contribution in [1.82, 2.24) is 9.97 Å². The van der Waals surface area contributed by atoms with Crippen molar-refractivity contribution in [1.29, 1.82) is 0 Å². The lowest BCUT2D eigenvalue weighted by Gasteiger charge is -2.34. The third-order valence-corrected chi connectivity index (χ3v) is 4.58. The van der Waals surface area contributed by atoms with Gasteiger partial charge in [-0.15, -0.1) is 0 Å². The molecule has 0 saturated carbocycles. The van der Waals surface area contributed by atoms with Crippen LogP contribution in [0.1, 0.15) is 19.8 Å². The van der Waals surface area contributed by atoms with Gasteiger partial charge in [0.1, 0.15) is 0 Å². The van der Waals surface area contributed by atoms with E-state index in [1.807, 2.05) is 24.9 Å². The Balaban J connectivity index is 2.18. The normalized spacial score (nSPS) is 18.9. The van der Waals surface area contributed by atoms with E-state index in [0.29, 0.717) is 11.8 Å². The lowest BCUT2D eigenvalue weighted by molar-refractivity contribution is 0.590. The molecule has 0 aromatic carbocycles. The van der Waals surface area contributed by atoms with Crippen molar-refractivity contribution in [2.24, 2.45) is 0 Å². The van der Waals surface area contributed by atoms with Crippen LogP contribution in [-0.2, 0) is 0 Å². The highest BCUT2D eigenvalue weighted by Gasteiger charge is 2.22. The molecule has 1 atom stereocenters. The predicted octanol–water partition coefficient (Wildman–Crippen LogP) is 3.45. The molecule has 6 heteroatoms. The first kappa shape index (κ1) is 15.4. The van der Waals surface area contributed by atoms with Crippen molar-refractivity contribution in [2.45, 2.75) is 25.0 Å². The summed E-state index contributed by atoms with van der Waals surface area (Å²) in [5, 5.41) is 4.25. The third kappa shape index (κ3) is 4.03. The van der Waals surface area contributed by atoms with Gasteiger partial charge < -0.3 is 10.2 Å². The molecule has 0 bridgehead atoms. The van der Waals surface area contributed by atoms with Crippen molar-refractivity contribution >= 4 is 34.9 Å². The molecule has 0 spiro atoms. The highest BCUT2D eigenvalue weighted by atomic mass is 35.5. The summed E-state index contributed by atoms with van der Waals surface area (Å²) in [6.07, 6.45) is 6.47.